The maximum atomic E-state index is 12.0. The number of hydrogen-bond acceptors (Lipinski definition) is 4. The fourth-order valence-corrected chi connectivity index (χ4v) is 2.10. The van der Waals surface area contributed by atoms with E-state index in [0.717, 1.165) is 0 Å². The summed E-state index contributed by atoms with van der Waals surface area (Å²) in [6, 6.07) is 6.66. The quantitative estimate of drug-likeness (QED) is 0.800. The smallest absolute Gasteiger partial charge is 0.241 e. The van der Waals surface area contributed by atoms with Crippen LogP contribution < -0.4 is 10.6 Å². The number of anilines is 1. The first-order valence-electron chi connectivity index (χ1n) is 6.28. The number of benzene rings is 1. The van der Waals surface area contributed by atoms with Gasteiger partial charge in [0.1, 0.15) is 0 Å². The lowest BCUT2D eigenvalue weighted by Gasteiger charge is -2.11. The van der Waals surface area contributed by atoms with Crippen LogP contribution in [0.3, 0.4) is 0 Å². The Labute approximate surface area is 112 Å². The van der Waals surface area contributed by atoms with Crippen LogP contribution in [-0.2, 0) is 9.53 Å². The van der Waals surface area contributed by atoms with E-state index in [4.69, 9.17) is 4.74 Å². The summed E-state index contributed by atoms with van der Waals surface area (Å²) in [6.07, 6.45) is 0.768. The number of ketones is 1. The Morgan fingerprint density at radius 3 is 2.53 bits per heavy atom. The summed E-state index contributed by atoms with van der Waals surface area (Å²) in [5, 5.41) is 5.94. The van der Waals surface area contributed by atoms with Crippen LogP contribution in [0.1, 0.15) is 23.7 Å². The molecule has 0 saturated carbocycles. The highest BCUT2D eigenvalue weighted by molar-refractivity contribution is 5.97. The largest absolute Gasteiger partial charge is 0.380 e. The van der Waals surface area contributed by atoms with Gasteiger partial charge >= 0.3 is 0 Å². The number of methoxy groups -OCH3 is 1. The van der Waals surface area contributed by atoms with Crippen molar-refractivity contribution in [3.63, 3.8) is 0 Å². The second kappa shape index (κ2) is 5.95. The molecule has 1 saturated heterocycles. The van der Waals surface area contributed by atoms with Gasteiger partial charge in [-0.25, -0.2) is 0 Å². The molecule has 0 aliphatic carbocycles. The molecule has 5 nitrogen and oxygen atoms in total. The molecule has 1 fully saturated rings. The van der Waals surface area contributed by atoms with Crippen LogP contribution in [0.15, 0.2) is 24.3 Å². The van der Waals surface area contributed by atoms with Gasteiger partial charge in [-0.15, -0.1) is 0 Å². The molecular weight excluding hydrogens is 244 g/mol. The van der Waals surface area contributed by atoms with Gasteiger partial charge in [-0.05, 0) is 37.6 Å². The third-order valence-electron chi connectivity index (χ3n) is 3.30. The molecule has 102 valence electrons. The summed E-state index contributed by atoms with van der Waals surface area (Å²) in [6.45, 7) is 2.21. The van der Waals surface area contributed by atoms with Crippen LogP contribution in [0, 0.1) is 0 Å². The van der Waals surface area contributed by atoms with Crippen LogP contribution in [0.25, 0.3) is 0 Å². The first-order chi connectivity index (χ1) is 9.10. The fraction of sp³-hybridized carbons (Fsp3) is 0.429. The Kier molecular flexibility index (Phi) is 4.29. The first-order valence-corrected chi connectivity index (χ1v) is 6.28. The summed E-state index contributed by atoms with van der Waals surface area (Å²) < 4.78 is 5.20. The van der Waals surface area contributed by atoms with Gasteiger partial charge in [0.25, 0.3) is 0 Å². The first kappa shape index (κ1) is 13.7. The minimum Gasteiger partial charge on any atom is -0.380 e. The monoisotopic (exact) mass is 262 g/mol. The summed E-state index contributed by atoms with van der Waals surface area (Å²) in [4.78, 5) is 23.1. The maximum Gasteiger partial charge on any atom is 0.241 e. The molecule has 2 unspecified atom stereocenters. The molecule has 0 spiro atoms. The van der Waals surface area contributed by atoms with Gasteiger partial charge in [0.05, 0.1) is 12.1 Å². The van der Waals surface area contributed by atoms with E-state index in [1.807, 2.05) is 0 Å². The van der Waals surface area contributed by atoms with Gasteiger partial charge in [0, 0.05) is 24.9 Å². The number of amides is 1. The van der Waals surface area contributed by atoms with Crippen LogP contribution in [0.4, 0.5) is 5.69 Å². The van der Waals surface area contributed by atoms with Crippen molar-refractivity contribution in [2.75, 3.05) is 19.0 Å². The molecule has 0 bridgehead atoms. The van der Waals surface area contributed by atoms with Crippen LogP contribution in [-0.4, -0.2) is 37.5 Å². The molecule has 0 radical (unpaired) electrons. The predicted molar refractivity (Wildman–Crippen MR) is 72.3 cm³/mol. The van der Waals surface area contributed by atoms with Crippen LogP contribution in [0.2, 0.25) is 0 Å². The van der Waals surface area contributed by atoms with Gasteiger partial charge in [-0.2, -0.15) is 0 Å². The van der Waals surface area contributed by atoms with Gasteiger partial charge in [0.2, 0.25) is 5.91 Å². The number of carbonyl (C=O) groups excluding carboxylic acids is 2. The van der Waals surface area contributed by atoms with Crippen LogP contribution in [0.5, 0.6) is 0 Å². The molecule has 2 N–H and O–H groups in total. The average Bonchev–Trinajstić information content (AvgIpc) is 2.88. The third kappa shape index (κ3) is 3.39. The summed E-state index contributed by atoms with van der Waals surface area (Å²) in [7, 11) is 1.65. The zero-order chi connectivity index (χ0) is 13.8. The van der Waals surface area contributed by atoms with Crippen molar-refractivity contribution in [3.8, 4) is 0 Å². The summed E-state index contributed by atoms with van der Waals surface area (Å²) >= 11 is 0. The van der Waals surface area contributed by atoms with Gasteiger partial charge < -0.3 is 15.4 Å². The lowest BCUT2D eigenvalue weighted by Crippen LogP contribution is -2.35. The van der Waals surface area contributed by atoms with Crippen molar-refractivity contribution in [1.29, 1.82) is 0 Å². The lowest BCUT2D eigenvalue weighted by molar-refractivity contribution is -0.118. The van der Waals surface area contributed by atoms with E-state index in [-0.39, 0.29) is 23.8 Å². The van der Waals surface area contributed by atoms with Gasteiger partial charge in [0.15, 0.2) is 5.78 Å². The molecule has 5 heteroatoms. The minimum absolute atomic E-state index is 0.0123. The Bertz CT molecular complexity index is 470. The second-order valence-electron chi connectivity index (χ2n) is 4.68. The molecule has 2 atom stereocenters. The molecular formula is C14H18N2O3. The molecule has 2 rings (SSSR count). The Morgan fingerprint density at radius 2 is 2.00 bits per heavy atom. The van der Waals surface area contributed by atoms with E-state index in [0.29, 0.717) is 24.2 Å². The minimum atomic E-state index is -0.225. The van der Waals surface area contributed by atoms with Crippen molar-refractivity contribution in [2.24, 2.45) is 0 Å². The van der Waals surface area contributed by atoms with Crippen molar-refractivity contribution in [3.05, 3.63) is 29.8 Å². The maximum absolute atomic E-state index is 12.0. The van der Waals surface area contributed by atoms with Gasteiger partial charge in [-0.3, -0.25) is 9.59 Å². The van der Waals surface area contributed by atoms with Crippen LogP contribution >= 0.6 is 0 Å². The highest BCUT2D eigenvalue weighted by Gasteiger charge is 2.29. The average molecular weight is 262 g/mol. The summed E-state index contributed by atoms with van der Waals surface area (Å²) in [5.41, 5.74) is 1.33. The predicted octanol–water partition coefficient (Wildman–Crippen LogP) is 1.20. The van der Waals surface area contributed by atoms with E-state index < -0.39 is 0 Å². The normalized spacial score (nSPS) is 22.2. The third-order valence-corrected chi connectivity index (χ3v) is 3.30. The molecule has 19 heavy (non-hydrogen) atoms. The number of ether oxygens (including phenoxy) is 1. The standard InChI is InChI=1S/C14H18N2O3/c1-9(17)10-3-5-11(6-4-10)16-14(18)13-7-12(19-2)8-15-13/h3-6,12-13,15H,7-8H2,1-2H3,(H,16,18). The second-order valence-corrected chi connectivity index (χ2v) is 4.68. The number of carbonyl (C=O) groups is 2. The molecule has 1 aliphatic heterocycles. The number of Topliss-reactive ketones (excluding diaryl/α,β-unsaturated/α-hetero) is 1. The zero-order valence-corrected chi connectivity index (χ0v) is 11.1. The van der Waals surface area contributed by atoms with Crippen molar-refractivity contribution in [1.82, 2.24) is 5.32 Å². The molecule has 1 amide bonds. The van der Waals surface area contributed by atoms with E-state index in [1.54, 1.807) is 31.4 Å². The lowest BCUT2D eigenvalue weighted by atomic mass is 10.1. The highest BCUT2D eigenvalue weighted by atomic mass is 16.5. The molecule has 1 aromatic carbocycles. The molecule has 1 aromatic rings. The number of nitrogens with one attached hydrogen (secondary N) is 2. The number of hydrogen-bond donors (Lipinski definition) is 2. The van der Waals surface area contributed by atoms with Gasteiger partial charge in [-0.1, -0.05) is 0 Å². The Morgan fingerprint density at radius 1 is 1.32 bits per heavy atom. The van der Waals surface area contributed by atoms with Crippen molar-refractivity contribution in [2.45, 2.75) is 25.5 Å². The van der Waals surface area contributed by atoms with E-state index in [9.17, 15) is 9.59 Å². The van der Waals surface area contributed by atoms with Crippen molar-refractivity contribution >= 4 is 17.4 Å². The van der Waals surface area contributed by atoms with Crippen molar-refractivity contribution < 1.29 is 14.3 Å². The van der Waals surface area contributed by atoms with E-state index in [1.165, 1.54) is 6.92 Å². The Balaban J connectivity index is 1.94. The fourth-order valence-electron chi connectivity index (χ4n) is 2.10. The number of rotatable bonds is 4. The zero-order valence-electron chi connectivity index (χ0n) is 11.1. The molecule has 0 aromatic heterocycles. The summed E-state index contributed by atoms with van der Waals surface area (Å²) in [5.74, 6) is -0.0617. The Hall–Kier alpha value is -1.72. The SMILES string of the molecule is COC1CNC(C(=O)Nc2ccc(C(C)=O)cc2)C1. The van der Waals surface area contributed by atoms with E-state index in [2.05, 4.69) is 10.6 Å². The van der Waals surface area contributed by atoms with E-state index >= 15 is 0 Å². The molecule has 1 aliphatic rings. The highest BCUT2D eigenvalue weighted by Crippen LogP contribution is 2.14. The molecule has 1 heterocycles. The topological polar surface area (TPSA) is 67.4 Å².